The molecule has 0 spiro atoms. The zero-order valence-corrected chi connectivity index (χ0v) is 12.3. The number of fused-ring (bicyclic) bond motifs is 1. The molecule has 2 aromatic carbocycles. The fourth-order valence-electron chi connectivity index (χ4n) is 1.81. The van der Waals surface area contributed by atoms with Crippen LogP contribution in [0.2, 0.25) is 0 Å². The summed E-state index contributed by atoms with van der Waals surface area (Å²) in [5.74, 6) is 0.712. The molecule has 0 aliphatic rings. The van der Waals surface area contributed by atoms with Gasteiger partial charge in [0.2, 0.25) is 5.75 Å². The number of rotatable bonds is 3. The number of benzene rings is 2. The number of nitro benzene ring substituents is 1. The highest BCUT2D eigenvalue weighted by atomic mass is 79.9. The first-order valence-corrected chi connectivity index (χ1v) is 7.26. The maximum Gasteiger partial charge on any atom is 0.338 e. The molecule has 100 valence electrons. The molecule has 0 saturated carbocycles. The quantitative estimate of drug-likeness (QED) is 0.504. The van der Waals surface area contributed by atoms with Crippen LogP contribution in [0.1, 0.15) is 0 Å². The zero-order valence-electron chi connectivity index (χ0n) is 9.95. The predicted molar refractivity (Wildman–Crippen MR) is 80.5 cm³/mol. The zero-order chi connectivity index (χ0) is 14.1. The van der Waals surface area contributed by atoms with Crippen molar-refractivity contribution in [1.29, 1.82) is 0 Å². The van der Waals surface area contributed by atoms with Crippen molar-refractivity contribution in [2.75, 3.05) is 0 Å². The van der Waals surface area contributed by atoms with Gasteiger partial charge < -0.3 is 4.74 Å². The number of aromatic nitrogens is 1. The fourth-order valence-corrected chi connectivity index (χ4v) is 2.87. The molecular formula is C13H7BrN2O3S. The molecule has 5 nitrogen and oxygen atoms in total. The van der Waals surface area contributed by atoms with E-state index in [1.807, 2.05) is 6.07 Å². The summed E-state index contributed by atoms with van der Waals surface area (Å²) in [6, 6.07) is 10.5. The summed E-state index contributed by atoms with van der Waals surface area (Å²) in [5, 5.41) is 11.3. The SMILES string of the molecule is O=[N+]([O-])c1c(Oc2cccc(Br)c2)ccc2scnc12. The molecule has 1 aromatic heterocycles. The van der Waals surface area contributed by atoms with E-state index in [1.165, 1.54) is 11.3 Å². The highest BCUT2D eigenvalue weighted by molar-refractivity contribution is 9.10. The van der Waals surface area contributed by atoms with Gasteiger partial charge in [0.15, 0.2) is 5.52 Å². The lowest BCUT2D eigenvalue weighted by molar-refractivity contribution is -0.384. The van der Waals surface area contributed by atoms with E-state index < -0.39 is 4.92 Å². The normalized spacial score (nSPS) is 10.7. The molecule has 3 aromatic rings. The summed E-state index contributed by atoms with van der Waals surface area (Å²) in [7, 11) is 0. The van der Waals surface area contributed by atoms with E-state index in [9.17, 15) is 10.1 Å². The molecule has 0 unspecified atom stereocenters. The minimum Gasteiger partial charge on any atom is -0.450 e. The summed E-state index contributed by atoms with van der Waals surface area (Å²) in [6.45, 7) is 0. The first-order chi connectivity index (χ1) is 9.65. The molecule has 7 heteroatoms. The van der Waals surface area contributed by atoms with Gasteiger partial charge in [0.1, 0.15) is 5.75 Å². The minimum absolute atomic E-state index is 0.108. The predicted octanol–water partition coefficient (Wildman–Crippen LogP) is 4.76. The lowest BCUT2D eigenvalue weighted by atomic mass is 10.2. The maximum absolute atomic E-state index is 11.3. The molecule has 0 amide bonds. The van der Waals surface area contributed by atoms with Gasteiger partial charge in [-0.1, -0.05) is 22.0 Å². The van der Waals surface area contributed by atoms with Crippen LogP contribution in [0, 0.1) is 10.1 Å². The summed E-state index contributed by atoms with van der Waals surface area (Å²) in [5.41, 5.74) is 1.83. The Morgan fingerprint density at radius 3 is 2.90 bits per heavy atom. The van der Waals surface area contributed by atoms with Crippen molar-refractivity contribution < 1.29 is 9.66 Å². The largest absolute Gasteiger partial charge is 0.450 e. The molecule has 0 saturated heterocycles. The fraction of sp³-hybridized carbons (Fsp3) is 0. The van der Waals surface area contributed by atoms with Gasteiger partial charge in [-0.15, -0.1) is 11.3 Å². The average molecular weight is 351 g/mol. The van der Waals surface area contributed by atoms with Crippen LogP contribution < -0.4 is 4.74 Å². The lowest BCUT2D eigenvalue weighted by Crippen LogP contribution is -1.94. The van der Waals surface area contributed by atoms with Gasteiger partial charge >= 0.3 is 5.69 Å². The van der Waals surface area contributed by atoms with Crippen molar-refractivity contribution in [2.45, 2.75) is 0 Å². The Morgan fingerprint density at radius 1 is 1.30 bits per heavy atom. The summed E-state index contributed by atoms with van der Waals surface area (Å²) in [4.78, 5) is 14.9. The van der Waals surface area contributed by atoms with E-state index in [1.54, 1.807) is 35.8 Å². The third-order valence-corrected chi connectivity index (χ3v) is 3.93. The van der Waals surface area contributed by atoms with Gasteiger partial charge in [0.25, 0.3) is 0 Å². The van der Waals surface area contributed by atoms with Crippen molar-refractivity contribution in [3.05, 3.63) is 56.5 Å². The van der Waals surface area contributed by atoms with E-state index in [0.717, 1.165) is 9.17 Å². The molecule has 20 heavy (non-hydrogen) atoms. The van der Waals surface area contributed by atoms with E-state index in [4.69, 9.17) is 4.74 Å². The molecular weight excluding hydrogens is 344 g/mol. The number of thiazole rings is 1. The Morgan fingerprint density at radius 2 is 2.15 bits per heavy atom. The van der Waals surface area contributed by atoms with Gasteiger partial charge in [-0.3, -0.25) is 10.1 Å². The van der Waals surface area contributed by atoms with Crippen LogP contribution in [-0.2, 0) is 0 Å². The average Bonchev–Trinajstić information content (AvgIpc) is 2.86. The molecule has 0 radical (unpaired) electrons. The number of nitrogens with zero attached hydrogens (tertiary/aromatic N) is 2. The van der Waals surface area contributed by atoms with Crippen molar-refractivity contribution in [3.63, 3.8) is 0 Å². The highest BCUT2D eigenvalue weighted by Crippen LogP contribution is 2.38. The number of hydrogen-bond donors (Lipinski definition) is 0. The van der Waals surface area contributed by atoms with Gasteiger partial charge in [0, 0.05) is 4.47 Å². The Bertz CT molecular complexity index is 803. The van der Waals surface area contributed by atoms with Crippen LogP contribution in [0.25, 0.3) is 10.2 Å². The van der Waals surface area contributed by atoms with Crippen LogP contribution in [-0.4, -0.2) is 9.91 Å². The van der Waals surface area contributed by atoms with Crippen molar-refractivity contribution in [3.8, 4) is 11.5 Å². The Hall–Kier alpha value is -1.99. The lowest BCUT2D eigenvalue weighted by Gasteiger charge is -2.06. The number of nitro groups is 1. The van der Waals surface area contributed by atoms with E-state index in [2.05, 4.69) is 20.9 Å². The van der Waals surface area contributed by atoms with Gasteiger partial charge in [0.05, 0.1) is 15.1 Å². The summed E-state index contributed by atoms with van der Waals surface area (Å²) >= 11 is 4.69. The third kappa shape index (κ3) is 2.37. The van der Waals surface area contributed by atoms with Crippen LogP contribution in [0.3, 0.4) is 0 Å². The first-order valence-electron chi connectivity index (χ1n) is 5.59. The highest BCUT2D eigenvalue weighted by Gasteiger charge is 2.22. The monoisotopic (exact) mass is 350 g/mol. The van der Waals surface area contributed by atoms with Crippen LogP contribution >= 0.6 is 27.3 Å². The van der Waals surface area contributed by atoms with Gasteiger partial charge in [-0.2, -0.15) is 0 Å². The minimum atomic E-state index is -0.463. The Kier molecular flexibility index (Phi) is 3.37. The topological polar surface area (TPSA) is 65.3 Å². The molecule has 3 rings (SSSR count). The van der Waals surface area contributed by atoms with Crippen molar-refractivity contribution in [1.82, 2.24) is 4.98 Å². The Balaban J connectivity index is 2.11. The molecule has 0 N–H and O–H groups in total. The van der Waals surface area contributed by atoms with E-state index in [0.29, 0.717) is 11.3 Å². The molecule has 0 bridgehead atoms. The van der Waals surface area contributed by atoms with Crippen molar-refractivity contribution in [2.24, 2.45) is 0 Å². The number of ether oxygens (including phenoxy) is 1. The molecule has 0 aliphatic heterocycles. The van der Waals surface area contributed by atoms with Crippen LogP contribution in [0.15, 0.2) is 46.4 Å². The second kappa shape index (κ2) is 5.18. The number of halogens is 1. The smallest absolute Gasteiger partial charge is 0.338 e. The Labute approximate surface area is 126 Å². The van der Waals surface area contributed by atoms with Crippen LogP contribution in [0.4, 0.5) is 5.69 Å². The third-order valence-electron chi connectivity index (χ3n) is 2.65. The summed E-state index contributed by atoms with van der Waals surface area (Å²) in [6.07, 6.45) is 0. The van der Waals surface area contributed by atoms with Crippen LogP contribution in [0.5, 0.6) is 11.5 Å². The van der Waals surface area contributed by atoms with Crippen molar-refractivity contribution >= 4 is 43.2 Å². The second-order valence-corrected chi connectivity index (χ2v) is 5.73. The molecule has 0 atom stereocenters. The second-order valence-electron chi connectivity index (χ2n) is 3.93. The molecule has 0 aliphatic carbocycles. The first kappa shape index (κ1) is 13.0. The van der Waals surface area contributed by atoms with Gasteiger partial charge in [-0.05, 0) is 30.3 Å². The standard InChI is InChI=1S/C13H7BrN2O3S/c14-8-2-1-3-9(6-8)19-10-4-5-11-12(15-7-20-11)13(10)16(17)18/h1-7H. The summed E-state index contributed by atoms with van der Waals surface area (Å²) < 4.78 is 7.22. The molecule has 1 heterocycles. The van der Waals surface area contributed by atoms with E-state index in [-0.39, 0.29) is 11.4 Å². The van der Waals surface area contributed by atoms with Gasteiger partial charge in [-0.25, -0.2) is 4.98 Å². The number of hydrogen-bond acceptors (Lipinski definition) is 5. The maximum atomic E-state index is 11.3. The van der Waals surface area contributed by atoms with E-state index >= 15 is 0 Å². The molecule has 0 fully saturated rings.